The SMILES string of the molecule is CNCc1ccc(C)cc1C1CC1. The maximum absolute atomic E-state index is 3.23. The van der Waals surface area contributed by atoms with Gasteiger partial charge >= 0.3 is 0 Å². The molecular weight excluding hydrogens is 158 g/mol. The molecule has 1 heteroatoms. The molecule has 0 spiro atoms. The largest absolute Gasteiger partial charge is 0.316 e. The van der Waals surface area contributed by atoms with Crippen LogP contribution in [-0.4, -0.2) is 7.05 Å². The van der Waals surface area contributed by atoms with Crippen LogP contribution in [0.4, 0.5) is 0 Å². The van der Waals surface area contributed by atoms with Crippen molar-refractivity contribution in [2.45, 2.75) is 32.2 Å². The van der Waals surface area contributed by atoms with Gasteiger partial charge in [0, 0.05) is 6.54 Å². The molecule has 1 saturated carbocycles. The van der Waals surface area contributed by atoms with Gasteiger partial charge in [0.1, 0.15) is 0 Å². The Labute approximate surface area is 80.2 Å². The van der Waals surface area contributed by atoms with E-state index in [-0.39, 0.29) is 0 Å². The van der Waals surface area contributed by atoms with Crippen LogP contribution in [-0.2, 0) is 6.54 Å². The van der Waals surface area contributed by atoms with Gasteiger partial charge in [-0.1, -0.05) is 23.8 Å². The molecule has 0 heterocycles. The second-order valence-corrected chi connectivity index (χ2v) is 4.01. The molecule has 1 N–H and O–H groups in total. The Balaban J connectivity index is 2.30. The van der Waals surface area contributed by atoms with Crippen LogP contribution >= 0.6 is 0 Å². The molecule has 1 nitrogen and oxygen atoms in total. The molecule has 0 unspecified atom stereocenters. The fraction of sp³-hybridized carbons (Fsp3) is 0.500. The third kappa shape index (κ3) is 1.92. The summed E-state index contributed by atoms with van der Waals surface area (Å²) in [5.41, 5.74) is 4.45. The summed E-state index contributed by atoms with van der Waals surface area (Å²) in [7, 11) is 2.01. The molecule has 1 aliphatic carbocycles. The monoisotopic (exact) mass is 175 g/mol. The van der Waals surface area contributed by atoms with Crippen molar-refractivity contribution in [2.75, 3.05) is 7.05 Å². The zero-order valence-corrected chi connectivity index (χ0v) is 8.43. The Bertz CT molecular complexity index is 300. The second-order valence-electron chi connectivity index (χ2n) is 4.01. The number of nitrogens with one attached hydrogen (secondary N) is 1. The molecular formula is C12H17N. The minimum absolute atomic E-state index is 0.864. The van der Waals surface area contributed by atoms with Gasteiger partial charge in [-0.25, -0.2) is 0 Å². The fourth-order valence-electron chi connectivity index (χ4n) is 1.84. The highest BCUT2D eigenvalue weighted by molar-refractivity contribution is 5.36. The summed E-state index contributed by atoms with van der Waals surface area (Å²) in [5.74, 6) is 0.864. The predicted octanol–water partition coefficient (Wildman–Crippen LogP) is 2.59. The van der Waals surface area contributed by atoms with Crippen molar-refractivity contribution in [3.05, 3.63) is 34.9 Å². The van der Waals surface area contributed by atoms with Gasteiger partial charge in [0.25, 0.3) is 0 Å². The average molecular weight is 175 g/mol. The van der Waals surface area contributed by atoms with Gasteiger partial charge in [0.15, 0.2) is 0 Å². The van der Waals surface area contributed by atoms with Crippen molar-refractivity contribution in [1.82, 2.24) is 5.32 Å². The summed E-state index contributed by atoms with van der Waals surface area (Å²) in [6, 6.07) is 6.82. The first-order chi connectivity index (χ1) is 6.31. The van der Waals surface area contributed by atoms with Crippen molar-refractivity contribution < 1.29 is 0 Å². The molecule has 1 aromatic rings. The molecule has 0 atom stereocenters. The van der Waals surface area contributed by atoms with Gasteiger partial charge in [0.05, 0.1) is 0 Å². The Kier molecular flexibility index (Phi) is 2.36. The van der Waals surface area contributed by atoms with E-state index in [4.69, 9.17) is 0 Å². The molecule has 1 aromatic carbocycles. The first kappa shape index (κ1) is 8.76. The highest BCUT2D eigenvalue weighted by Gasteiger charge is 2.25. The second kappa shape index (κ2) is 3.51. The van der Waals surface area contributed by atoms with E-state index < -0.39 is 0 Å². The molecule has 1 fully saturated rings. The molecule has 1 aliphatic rings. The Hall–Kier alpha value is -0.820. The van der Waals surface area contributed by atoms with Gasteiger partial charge in [0.2, 0.25) is 0 Å². The smallest absolute Gasteiger partial charge is 0.0205 e. The lowest BCUT2D eigenvalue weighted by Gasteiger charge is -2.08. The standard InChI is InChI=1S/C12H17N/c1-9-3-4-11(8-13-2)12(7-9)10-5-6-10/h3-4,7,10,13H,5-6,8H2,1-2H3. The van der Waals surface area contributed by atoms with Crippen molar-refractivity contribution in [2.24, 2.45) is 0 Å². The third-order valence-corrected chi connectivity index (χ3v) is 2.69. The molecule has 70 valence electrons. The van der Waals surface area contributed by atoms with E-state index in [2.05, 4.69) is 30.4 Å². The lowest BCUT2D eigenvalue weighted by molar-refractivity contribution is 0.804. The van der Waals surface area contributed by atoms with Crippen LogP contribution in [0.15, 0.2) is 18.2 Å². The topological polar surface area (TPSA) is 12.0 Å². The summed E-state index contributed by atoms with van der Waals surface area (Å²) in [6.07, 6.45) is 2.78. The van der Waals surface area contributed by atoms with Gasteiger partial charge in [-0.15, -0.1) is 0 Å². The lowest BCUT2D eigenvalue weighted by atomic mass is 10.0. The van der Waals surface area contributed by atoms with Gasteiger partial charge in [-0.05, 0) is 43.9 Å². The Morgan fingerprint density at radius 3 is 2.77 bits per heavy atom. The quantitative estimate of drug-likeness (QED) is 0.744. The van der Waals surface area contributed by atoms with Crippen LogP contribution in [0.3, 0.4) is 0 Å². The summed E-state index contributed by atoms with van der Waals surface area (Å²) in [4.78, 5) is 0. The van der Waals surface area contributed by atoms with E-state index in [1.807, 2.05) is 7.05 Å². The van der Waals surface area contributed by atoms with Crippen LogP contribution in [0.1, 0.15) is 35.4 Å². The minimum Gasteiger partial charge on any atom is -0.316 e. The molecule has 2 rings (SSSR count). The minimum atomic E-state index is 0.864. The number of hydrogen-bond acceptors (Lipinski definition) is 1. The molecule has 0 bridgehead atoms. The molecule has 0 aromatic heterocycles. The number of benzene rings is 1. The molecule has 0 radical (unpaired) electrons. The summed E-state index contributed by atoms with van der Waals surface area (Å²) < 4.78 is 0. The van der Waals surface area contributed by atoms with Crippen molar-refractivity contribution in [1.29, 1.82) is 0 Å². The van der Waals surface area contributed by atoms with Crippen molar-refractivity contribution in [3.63, 3.8) is 0 Å². The van der Waals surface area contributed by atoms with E-state index in [1.165, 1.54) is 24.0 Å². The maximum Gasteiger partial charge on any atom is 0.0205 e. The van der Waals surface area contributed by atoms with Gasteiger partial charge in [-0.3, -0.25) is 0 Å². The summed E-state index contributed by atoms with van der Waals surface area (Å²) >= 11 is 0. The van der Waals surface area contributed by atoms with Crippen molar-refractivity contribution in [3.8, 4) is 0 Å². The van der Waals surface area contributed by atoms with E-state index >= 15 is 0 Å². The van der Waals surface area contributed by atoms with E-state index in [0.717, 1.165) is 12.5 Å². The maximum atomic E-state index is 3.23. The molecule has 13 heavy (non-hydrogen) atoms. The summed E-state index contributed by atoms with van der Waals surface area (Å²) in [5, 5.41) is 3.23. The first-order valence-corrected chi connectivity index (χ1v) is 5.05. The van der Waals surface area contributed by atoms with Crippen LogP contribution in [0.25, 0.3) is 0 Å². The van der Waals surface area contributed by atoms with Gasteiger partial charge < -0.3 is 5.32 Å². The average Bonchev–Trinajstić information content (AvgIpc) is 2.91. The number of hydrogen-bond donors (Lipinski definition) is 1. The number of aryl methyl sites for hydroxylation is 1. The zero-order valence-electron chi connectivity index (χ0n) is 8.43. The van der Waals surface area contributed by atoms with E-state index in [1.54, 1.807) is 5.56 Å². The molecule has 0 aliphatic heterocycles. The van der Waals surface area contributed by atoms with Crippen LogP contribution < -0.4 is 5.32 Å². The Morgan fingerprint density at radius 1 is 1.38 bits per heavy atom. The highest BCUT2D eigenvalue weighted by atomic mass is 14.8. The molecule has 0 saturated heterocycles. The van der Waals surface area contributed by atoms with Crippen LogP contribution in [0.2, 0.25) is 0 Å². The predicted molar refractivity (Wildman–Crippen MR) is 55.9 cm³/mol. The third-order valence-electron chi connectivity index (χ3n) is 2.69. The zero-order chi connectivity index (χ0) is 9.26. The molecule has 0 amide bonds. The highest BCUT2D eigenvalue weighted by Crippen LogP contribution is 2.41. The Morgan fingerprint density at radius 2 is 2.15 bits per heavy atom. The van der Waals surface area contributed by atoms with Crippen LogP contribution in [0, 0.1) is 6.92 Å². The number of rotatable bonds is 3. The first-order valence-electron chi connectivity index (χ1n) is 5.05. The van der Waals surface area contributed by atoms with Crippen molar-refractivity contribution >= 4 is 0 Å². The lowest BCUT2D eigenvalue weighted by Crippen LogP contribution is -2.07. The van der Waals surface area contributed by atoms with Gasteiger partial charge in [-0.2, -0.15) is 0 Å². The van der Waals surface area contributed by atoms with E-state index in [0.29, 0.717) is 0 Å². The normalized spacial score (nSPS) is 16.2. The van der Waals surface area contributed by atoms with Crippen LogP contribution in [0.5, 0.6) is 0 Å². The fourth-order valence-corrected chi connectivity index (χ4v) is 1.84. The summed E-state index contributed by atoms with van der Waals surface area (Å²) in [6.45, 7) is 3.18. The van der Waals surface area contributed by atoms with E-state index in [9.17, 15) is 0 Å².